The van der Waals surface area contributed by atoms with E-state index in [1.807, 2.05) is 37.3 Å². The van der Waals surface area contributed by atoms with Gasteiger partial charge in [0.15, 0.2) is 0 Å². The van der Waals surface area contributed by atoms with Gasteiger partial charge in [-0.15, -0.1) is 0 Å². The maximum absolute atomic E-state index is 11.3. The van der Waals surface area contributed by atoms with Crippen LogP contribution in [0.4, 0.5) is 4.79 Å². The second kappa shape index (κ2) is 7.43. The van der Waals surface area contributed by atoms with Crippen molar-refractivity contribution in [3.8, 4) is 0 Å². The molecule has 1 aromatic carbocycles. The molecule has 1 fully saturated rings. The zero-order valence-electron chi connectivity index (χ0n) is 13.2. The van der Waals surface area contributed by atoms with E-state index in [4.69, 9.17) is 10.5 Å². The van der Waals surface area contributed by atoms with Gasteiger partial charge in [-0.25, -0.2) is 4.79 Å². The van der Waals surface area contributed by atoms with E-state index < -0.39 is 11.7 Å². The average Bonchev–Trinajstić information content (AvgIpc) is 2.50. The van der Waals surface area contributed by atoms with Gasteiger partial charge >= 0.3 is 6.09 Å². The maximum Gasteiger partial charge on any atom is 0.405 e. The van der Waals surface area contributed by atoms with Gasteiger partial charge in [0.25, 0.3) is 0 Å². The standard InChI is InChI=1S/C18H25NO3/c1-18(22-17(19)21,16-5-3-2-4-6-16)13-15-9-7-14(8-10-15)11-12-20/h2-6,12,14-15H,7-11,13H2,1H3,(H2,19,21). The molecule has 1 aromatic rings. The Labute approximate surface area is 132 Å². The first-order valence-corrected chi connectivity index (χ1v) is 8.01. The Bertz CT molecular complexity index is 494. The average molecular weight is 303 g/mol. The van der Waals surface area contributed by atoms with Gasteiger partial charge in [0.05, 0.1) is 0 Å². The molecule has 0 saturated heterocycles. The van der Waals surface area contributed by atoms with Crippen molar-refractivity contribution in [3.63, 3.8) is 0 Å². The van der Waals surface area contributed by atoms with Crippen molar-refractivity contribution in [1.29, 1.82) is 0 Å². The van der Waals surface area contributed by atoms with Crippen LogP contribution >= 0.6 is 0 Å². The monoisotopic (exact) mass is 303 g/mol. The molecule has 0 aliphatic heterocycles. The number of hydrogen-bond acceptors (Lipinski definition) is 3. The fraction of sp³-hybridized carbons (Fsp3) is 0.556. The Morgan fingerprint density at radius 3 is 2.36 bits per heavy atom. The molecule has 1 saturated carbocycles. The summed E-state index contributed by atoms with van der Waals surface area (Å²) in [5.41, 5.74) is 5.57. The van der Waals surface area contributed by atoms with Gasteiger partial charge in [0.2, 0.25) is 0 Å². The van der Waals surface area contributed by atoms with Crippen LogP contribution < -0.4 is 5.73 Å². The van der Waals surface area contributed by atoms with Crippen molar-refractivity contribution < 1.29 is 14.3 Å². The maximum atomic E-state index is 11.3. The summed E-state index contributed by atoms with van der Waals surface area (Å²) in [6.45, 7) is 1.94. The summed E-state index contributed by atoms with van der Waals surface area (Å²) >= 11 is 0. The summed E-state index contributed by atoms with van der Waals surface area (Å²) in [6, 6.07) is 9.78. The van der Waals surface area contributed by atoms with Crippen molar-refractivity contribution in [3.05, 3.63) is 35.9 Å². The Morgan fingerprint density at radius 1 is 1.23 bits per heavy atom. The van der Waals surface area contributed by atoms with Crippen LogP contribution in [0.3, 0.4) is 0 Å². The number of primary amides is 1. The summed E-state index contributed by atoms with van der Waals surface area (Å²) in [7, 11) is 0. The molecule has 0 radical (unpaired) electrons. The molecule has 0 heterocycles. The van der Waals surface area contributed by atoms with E-state index in [-0.39, 0.29) is 0 Å². The van der Waals surface area contributed by atoms with Crippen LogP contribution in [0.15, 0.2) is 30.3 Å². The van der Waals surface area contributed by atoms with Crippen LogP contribution in [0.1, 0.15) is 51.0 Å². The van der Waals surface area contributed by atoms with Crippen molar-refractivity contribution in [2.75, 3.05) is 0 Å². The predicted molar refractivity (Wildman–Crippen MR) is 85.2 cm³/mol. The molecule has 4 nitrogen and oxygen atoms in total. The van der Waals surface area contributed by atoms with Crippen LogP contribution in [0, 0.1) is 11.8 Å². The van der Waals surface area contributed by atoms with E-state index in [2.05, 4.69) is 0 Å². The quantitative estimate of drug-likeness (QED) is 0.813. The molecular formula is C18H25NO3. The minimum absolute atomic E-state index is 0.493. The van der Waals surface area contributed by atoms with Crippen LogP contribution in [0.25, 0.3) is 0 Å². The molecule has 0 spiro atoms. The van der Waals surface area contributed by atoms with Crippen LogP contribution in [0.2, 0.25) is 0 Å². The highest BCUT2D eigenvalue weighted by atomic mass is 16.6. The number of nitrogens with two attached hydrogens (primary N) is 1. The Morgan fingerprint density at radius 2 is 1.82 bits per heavy atom. The number of ether oxygens (including phenoxy) is 1. The van der Waals surface area contributed by atoms with Gasteiger partial charge in [-0.3, -0.25) is 0 Å². The van der Waals surface area contributed by atoms with Gasteiger partial charge in [0, 0.05) is 6.42 Å². The molecule has 1 aliphatic rings. The van der Waals surface area contributed by atoms with E-state index in [0.29, 0.717) is 18.3 Å². The largest absolute Gasteiger partial charge is 0.438 e. The number of aldehydes is 1. The second-order valence-electron chi connectivity index (χ2n) is 6.51. The molecule has 2 N–H and O–H groups in total. The lowest BCUT2D eigenvalue weighted by atomic mass is 9.75. The van der Waals surface area contributed by atoms with Gasteiger partial charge in [-0.1, -0.05) is 43.2 Å². The van der Waals surface area contributed by atoms with Gasteiger partial charge in [-0.2, -0.15) is 0 Å². The Balaban J connectivity index is 2.05. The minimum atomic E-state index is -0.735. The molecule has 1 atom stereocenters. The third kappa shape index (κ3) is 4.33. The highest BCUT2D eigenvalue weighted by Gasteiger charge is 2.35. The number of hydrogen-bond donors (Lipinski definition) is 1. The number of benzene rings is 1. The van der Waals surface area contributed by atoms with E-state index in [1.54, 1.807) is 0 Å². The number of carbonyl (C=O) groups excluding carboxylic acids is 2. The fourth-order valence-electron chi connectivity index (χ4n) is 3.59. The minimum Gasteiger partial charge on any atom is -0.438 e. The smallest absolute Gasteiger partial charge is 0.405 e. The van der Waals surface area contributed by atoms with Crippen molar-refractivity contribution >= 4 is 12.4 Å². The number of carbonyl (C=O) groups is 2. The summed E-state index contributed by atoms with van der Waals surface area (Å²) in [6.07, 6.45) is 6.02. The van der Waals surface area contributed by atoms with E-state index in [9.17, 15) is 9.59 Å². The highest BCUT2D eigenvalue weighted by Crippen LogP contribution is 2.39. The normalized spacial score (nSPS) is 24.2. The molecule has 1 unspecified atom stereocenters. The van der Waals surface area contributed by atoms with E-state index in [1.165, 1.54) is 0 Å². The van der Waals surface area contributed by atoms with Gasteiger partial charge in [0.1, 0.15) is 11.9 Å². The first-order chi connectivity index (χ1) is 10.5. The predicted octanol–water partition coefficient (Wildman–Crippen LogP) is 3.78. The molecular weight excluding hydrogens is 278 g/mol. The third-order valence-corrected chi connectivity index (χ3v) is 4.78. The van der Waals surface area contributed by atoms with Crippen molar-refractivity contribution in [2.24, 2.45) is 17.6 Å². The highest BCUT2D eigenvalue weighted by molar-refractivity contribution is 5.65. The fourth-order valence-corrected chi connectivity index (χ4v) is 3.59. The summed E-state index contributed by atoms with van der Waals surface area (Å²) in [5.74, 6) is 1.02. The third-order valence-electron chi connectivity index (χ3n) is 4.78. The lowest BCUT2D eigenvalue weighted by molar-refractivity contribution is -0.109. The second-order valence-corrected chi connectivity index (χ2v) is 6.51. The molecule has 1 aliphatic carbocycles. The van der Waals surface area contributed by atoms with Gasteiger partial charge in [-0.05, 0) is 43.6 Å². The van der Waals surface area contributed by atoms with E-state index in [0.717, 1.165) is 44.0 Å². The van der Waals surface area contributed by atoms with E-state index >= 15 is 0 Å². The number of amides is 1. The molecule has 120 valence electrons. The molecule has 2 rings (SSSR count). The Hall–Kier alpha value is -1.84. The SMILES string of the molecule is CC(CC1CCC(CC=O)CC1)(OC(N)=O)c1ccccc1. The van der Waals surface area contributed by atoms with Gasteiger partial charge < -0.3 is 15.3 Å². The lowest BCUT2D eigenvalue weighted by Gasteiger charge is -2.36. The summed E-state index contributed by atoms with van der Waals surface area (Å²) in [5, 5.41) is 0. The Kier molecular flexibility index (Phi) is 5.58. The summed E-state index contributed by atoms with van der Waals surface area (Å²) < 4.78 is 5.48. The topological polar surface area (TPSA) is 69.4 Å². The summed E-state index contributed by atoms with van der Waals surface area (Å²) in [4.78, 5) is 21.9. The molecule has 4 heteroatoms. The van der Waals surface area contributed by atoms with Crippen LogP contribution in [-0.2, 0) is 15.1 Å². The zero-order chi connectivity index (χ0) is 16.0. The first kappa shape index (κ1) is 16.5. The van der Waals surface area contributed by atoms with Crippen LogP contribution in [-0.4, -0.2) is 12.4 Å². The molecule has 22 heavy (non-hydrogen) atoms. The lowest BCUT2D eigenvalue weighted by Crippen LogP contribution is -2.35. The zero-order valence-corrected chi connectivity index (χ0v) is 13.2. The molecule has 1 amide bonds. The van der Waals surface area contributed by atoms with Crippen molar-refractivity contribution in [1.82, 2.24) is 0 Å². The van der Waals surface area contributed by atoms with Crippen LogP contribution in [0.5, 0.6) is 0 Å². The molecule has 0 aromatic heterocycles. The first-order valence-electron chi connectivity index (χ1n) is 8.01. The molecule has 0 bridgehead atoms. The van der Waals surface area contributed by atoms with Crippen molar-refractivity contribution in [2.45, 2.75) is 51.0 Å². The number of rotatable bonds is 6.